The van der Waals surface area contributed by atoms with Crippen molar-refractivity contribution in [1.29, 1.82) is 0 Å². The van der Waals surface area contributed by atoms with E-state index in [4.69, 9.17) is 0 Å². The Morgan fingerprint density at radius 3 is 2.35 bits per heavy atom. The topological polar surface area (TPSA) is 57.5 Å². The van der Waals surface area contributed by atoms with Crippen LogP contribution in [0.4, 0.5) is 0 Å². The van der Waals surface area contributed by atoms with Crippen LogP contribution in [-0.4, -0.2) is 23.0 Å². The Balaban J connectivity index is 2.18. The Morgan fingerprint density at radius 2 is 1.78 bits per heavy atom. The summed E-state index contributed by atoms with van der Waals surface area (Å²) in [5.41, 5.74) is 5.76. The first kappa shape index (κ1) is 17.3. The molecule has 2 aromatic carbocycles. The maximum Gasteiger partial charge on any atom is 0.306 e. The SMILES string of the molecule is CB(O)C[C@H](Cc1ccc(-c2cc(C)ccc2C)cc1)C(=O)O. The van der Waals surface area contributed by atoms with Gasteiger partial charge in [0.1, 0.15) is 0 Å². The second-order valence-corrected chi connectivity index (χ2v) is 6.34. The van der Waals surface area contributed by atoms with E-state index < -0.39 is 18.8 Å². The molecule has 0 saturated heterocycles. The fourth-order valence-corrected chi connectivity index (χ4v) is 2.83. The van der Waals surface area contributed by atoms with E-state index >= 15 is 0 Å². The zero-order valence-corrected chi connectivity index (χ0v) is 13.9. The maximum atomic E-state index is 11.3. The highest BCUT2D eigenvalue weighted by atomic mass is 16.4. The van der Waals surface area contributed by atoms with Gasteiger partial charge in [-0.1, -0.05) is 54.9 Å². The average Bonchev–Trinajstić information content (AvgIpc) is 2.49. The van der Waals surface area contributed by atoms with Gasteiger partial charge in [-0.3, -0.25) is 4.79 Å². The molecule has 23 heavy (non-hydrogen) atoms. The summed E-state index contributed by atoms with van der Waals surface area (Å²) in [5, 5.41) is 18.7. The van der Waals surface area contributed by atoms with Crippen LogP contribution in [0.1, 0.15) is 16.7 Å². The molecule has 120 valence electrons. The minimum absolute atomic E-state index is 0.272. The molecule has 1 atom stereocenters. The van der Waals surface area contributed by atoms with Gasteiger partial charge in [-0.15, -0.1) is 0 Å². The summed E-state index contributed by atoms with van der Waals surface area (Å²) in [6.45, 7) is 5.18. The molecule has 0 spiro atoms. The van der Waals surface area contributed by atoms with Crippen LogP contribution in [0.5, 0.6) is 0 Å². The van der Waals surface area contributed by atoms with Crippen LogP contribution in [0.15, 0.2) is 42.5 Å². The highest BCUT2D eigenvalue weighted by Crippen LogP contribution is 2.25. The number of benzene rings is 2. The van der Waals surface area contributed by atoms with Crippen LogP contribution >= 0.6 is 0 Å². The summed E-state index contributed by atoms with van der Waals surface area (Å²) in [5.74, 6) is -1.41. The normalized spacial score (nSPS) is 12.0. The summed E-state index contributed by atoms with van der Waals surface area (Å²) >= 11 is 0. The lowest BCUT2D eigenvalue weighted by atomic mass is 9.63. The smallest absolute Gasteiger partial charge is 0.306 e. The number of hydrogen-bond donors (Lipinski definition) is 2. The van der Waals surface area contributed by atoms with Gasteiger partial charge in [0.2, 0.25) is 0 Å². The van der Waals surface area contributed by atoms with E-state index in [2.05, 4.69) is 32.0 Å². The molecule has 0 aliphatic carbocycles. The zero-order valence-electron chi connectivity index (χ0n) is 13.9. The first-order valence-electron chi connectivity index (χ1n) is 7.94. The van der Waals surface area contributed by atoms with Gasteiger partial charge in [0.15, 0.2) is 0 Å². The van der Waals surface area contributed by atoms with Gasteiger partial charge >= 0.3 is 5.97 Å². The molecule has 4 heteroatoms. The van der Waals surface area contributed by atoms with Crippen molar-refractivity contribution in [1.82, 2.24) is 0 Å². The van der Waals surface area contributed by atoms with E-state index in [1.54, 1.807) is 6.82 Å². The van der Waals surface area contributed by atoms with Crippen molar-refractivity contribution in [3.63, 3.8) is 0 Å². The van der Waals surface area contributed by atoms with Crippen LogP contribution in [0, 0.1) is 19.8 Å². The van der Waals surface area contributed by atoms with Gasteiger partial charge in [0.05, 0.1) is 5.92 Å². The van der Waals surface area contributed by atoms with Gasteiger partial charge in [0.25, 0.3) is 6.92 Å². The number of carbonyl (C=O) groups is 1. The maximum absolute atomic E-state index is 11.3. The molecule has 2 N–H and O–H groups in total. The van der Waals surface area contributed by atoms with Gasteiger partial charge in [-0.05, 0) is 48.8 Å². The Labute approximate surface area is 138 Å². The lowest BCUT2D eigenvalue weighted by molar-refractivity contribution is -0.141. The zero-order chi connectivity index (χ0) is 17.0. The van der Waals surface area contributed by atoms with Gasteiger partial charge in [-0.25, -0.2) is 0 Å². The molecule has 0 amide bonds. The monoisotopic (exact) mass is 310 g/mol. The highest BCUT2D eigenvalue weighted by Gasteiger charge is 2.21. The van der Waals surface area contributed by atoms with Gasteiger partial charge in [-0.2, -0.15) is 0 Å². The molecular formula is C19H23BO3. The molecule has 0 radical (unpaired) electrons. The van der Waals surface area contributed by atoms with E-state index in [1.807, 2.05) is 24.3 Å². The van der Waals surface area contributed by atoms with E-state index in [1.165, 1.54) is 16.7 Å². The Morgan fingerprint density at radius 1 is 1.13 bits per heavy atom. The Kier molecular flexibility index (Phi) is 5.61. The lowest BCUT2D eigenvalue weighted by Gasteiger charge is -2.13. The minimum Gasteiger partial charge on any atom is -0.481 e. The Bertz CT molecular complexity index is 678. The predicted octanol–water partition coefficient (Wildman–Crippen LogP) is 3.83. The predicted molar refractivity (Wildman–Crippen MR) is 94.8 cm³/mol. The molecule has 2 aromatic rings. The van der Waals surface area contributed by atoms with Crippen molar-refractivity contribution in [3.05, 3.63) is 59.2 Å². The van der Waals surface area contributed by atoms with Crippen LogP contribution in [0.25, 0.3) is 11.1 Å². The fourth-order valence-electron chi connectivity index (χ4n) is 2.83. The number of aryl methyl sites for hydroxylation is 2. The number of carboxylic acid groups (broad SMARTS) is 1. The summed E-state index contributed by atoms with van der Waals surface area (Å²) in [6, 6.07) is 14.4. The quantitative estimate of drug-likeness (QED) is 0.797. The van der Waals surface area contributed by atoms with Crippen molar-refractivity contribution < 1.29 is 14.9 Å². The van der Waals surface area contributed by atoms with Crippen LogP contribution < -0.4 is 0 Å². The molecule has 3 nitrogen and oxygen atoms in total. The van der Waals surface area contributed by atoms with Crippen LogP contribution in [-0.2, 0) is 11.2 Å². The third-order valence-electron chi connectivity index (χ3n) is 4.11. The molecule has 0 saturated carbocycles. The molecule has 0 heterocycles. The van der Waals surface area contributed by atoms with E-state index in [0.29, 0.717) is 6.42 Å². The summed E-state index contributed by atoms with van der Waals surface area (Å²) in [6.07, 6.45) is 0.710. The Hall–Kier alpha value is -2.07. The molecule has 0 bridgehead atoms. The molecule has 0 fully saturated rings. The molecule has 0 aliphatic rings. The first-order valence-corrected chi connectivity index (χ1v) is 7.94. The number of aliphatic carboxylic acids is 1. The average molecular weight is 310 g/mol. The third-order valence-corrected chi connectivity index (χ3v) is 4.11. The summed E-state index contributed by atoms with van der Waals surface area (Å²) < 4.78 is 0. The second-order valence-electron chi connectivity index (χ2n) is 6.34. The molecule has 0 aromatic heterocycles. The van der Waals surface area contributed by atoms with Crippen molar-refractivity contribution in [2.75, 3.05) is 0 Å². The number of rotatable bonds is 6. The third kappa shape index (κ3) is 4.70. The van der Waals surface area contributed by atoms with E-state index in [0.717, 1.165) is 11.1 Å². The second kappa shape index (κ2) is 7.47. The van der Waals surface area contributed by atoms with E-state index in [-0.39, 0.29) is 6.32 Å². The van der Waals surface area contributed by atoms with Gasteiger partial charge in [0, 0.05) is 0 Å². The molecule has 0 aliphatic heterocycles. The van der Waals surface area contributed by atoms with Crippen LogP contribution in [0.3, 0.4) is 0 Å². The van der Waals surface area contributed by atoms with E-state index in [9.17, 15) is 14.9 Å². The summed E-state index contributed by atoms with van der Waals surface area (Å²) in [7, 11) is 0. The van der Waals surface area contributed by atoms with Crippen molar-refractivity contribution >= 4 is 12.9 Å². The van der Waals surface area contributed by atoms with Crippen molar-refractivity contribution in [3.8, 4) is 11.1 Å². The lowest BCUT2D eigenvalue weighted by Crippen LogP contribution is -2.22. The summed E-state index contributed by atoms with van der Waals surface area (Å²) in [4.78, 5) is 11.3. The molecule has 2 rings (SSSR count). The van der Waals surface area contributed by atoms with Gasteiger partial charge < -0.3 is 10.1 Å². The first-order chi connectivity index (χ1) is 10.9. The molecule has 0 unspecified atom stereocenters. The van der Waals surface area contributed by atoms with Crippen molar-refractivity contribution in [2.24, 2.45) is 5.92 Å². The number of hydrogen-bond acceptors (Lipinski definition) is 2. The molecular weight excluding hydrogens is 287 g/mol. The van der Waals surface area contributed by atoms with Crippen molar-refractivity contribution in [2.45, 2.75) is 33.4 Å². The standard InChI is InChI=1S/C19H23BO3/c1-13-4-5-14(2)18(10-13)16-8-6-15(7-9-16)11-17(19(21)22)12-20(3)23/h4-10,17,23H,11-12H2,1-3H3,(H,21,22)/t17-/m0/s1. The fraction of sp³-hybridized carbons (Fsp3) is 0.316. The number of carboxylic acids is 1. The largest absolute Gasteiger partial charge is 0.481 e. The van der Waals surface area contributed by atoms with Crippen LogP contribution in [0.2, 0.25) is 13.1 Å². The highest BCUT2D eigenvalue weighted by molar-refractivity contribution is 6.49. The minimum atomic E-state index is -0.857.